The second kappa shape index (κ2) is 15.1. The number of carboxylic acid groups (broad SMARTS) is 1. The lowest BCUT2D eigenvalue weighted by Gasteiger charge is -2.31. The van der Waals surface area contributed by atoms with Gasteiger partial charge in [0.25, 0.3) is 15.6 Å². The van der Waals surface area contributed by atoms with E-state index in [0.717, 1.165) is 6.33 Å². The lowest BCUT2D eigenvalue weighted by atomic mass is 10.1. The molecule has 2 aliphatic rings. The number of nitrogens with zero attached hydrogens (tertiary/aromatic N) is 4. The van der Waals surface area contributed by atoms with Gasteiger partial charge in [-0.2, -0.15) is 0 Å². The number of phosphoric ester groups is 2. The van der Waals surface area contributed by atoms with Crippen molar-refractivity contribution < 1.29 is 82.8 Å². The Morgan fingerprint density at radius 2 is 1.68 bits per heavy atom. The number of anilines is 1. The fraction of sp³-hybridized carbons (Fsp3) is 0.667. The molecule has 264 valence electrons. The van der Waals surface area contributed by atoms with E-state index in [4.69, 9.17) is 20.9 Å². The maximum atomic E-state index is 12.3. The highest BCUT2D eigenvalue weighted by atomic mass is 31.3. The number of ether oxygens (including phenoxy) is 2. The van der Waals surface area contributed by atoms with Gasteiger partial charge in [0.2, 0.25) is 6.23 Å². The van der Waals surface area contributed by atoms with Gasteiger partial charge in [0.1, 0.15) is 54.5 Å². The number of carbonyl (C=O) groups is 1. The minimum atomic E-state index is -5.70. The molecule has 4 heterocycles. The summed E-state index contributed by atoms with van der Waals surface area (Å²) in [5, 5.41) is 54.5. The Bertz CT molecular complexity index is 1530. The van der Waals surface area contributed by atoms with Crippen LogP contribution in [0.4, 0.5) is 5.82 Å². The summed E-state index contributed by atoms with van der Waals surface area (Å²) in [5.74, 6) is -1.41. The monoisotopic (exact) mass is 714 g/mol. The van der Waals surface area contributed by atoms with E-state index in [2.05, 4.69) is 44.4 Å². The Kier molecular flexibility index (Phi) is 11.8. The quantitative estimate of drug-likeness (QED) is 0.0358. The average molecular weight is 714 g/mol. The average Bonchev–Trinajstić information content (AvgIpc) is 3.63. The number of imidazole rings is 1. The molecule has 4 rings (SSSR count). The summed E-state index contributed by atoms with van der Waals surface area (Å²) in [4.78, 5) is 49.7. The predicted molar refractivity (Wildman–Crippen MR) is 144 cm³/mol. The van der Waals surface area contributed by atoms with E-state index >= 15 is 0 Å². The van der Waals surface area contributed by atoms with Crippen LogP contribution < -0.4 is 42.4 Å². The number of aromatic nitrogens is 4. The van der Waals surface area contributed by atoms with Crippen molar-refractivity contribution in [2.24, 2.45) is 5.73 Å². The molecule has 2 aromatic rings. The number of nitrogens with two attached hydrogens (primary N) is 2. The molecule has 47 heavy (non-hydrogen) atoms. The highest BCUT2D eigenvalue weighted by Gasteiger charge is 2.46. The number of aliphatic hydroxyl groups excluding tert-OH is 4. The number of nitrogen functional groups attached to an aromatic ring is 1. The summed E-state index contributed by atoms with van der Waals surface area (Å²) in [6.45, 7) is -1.81. The summed E-state index contributed by atoms with van der Waals surface area (Å²) in [5.41, 5.74) is 15.2. The van der Waals surface area contributed by atoms with Crippen LogP contribution in [0.2, 0.25) is 0 Å². The van der Waals surface area contributed by atoms with Crippen molar-refractivity contribution in [1.82, 2.24) is 24.8 Å². The lowest BCUT2D eigenvalue weighted by Crippen LogP contribution is -2.80. The molecule has 2 aromatic heterocycles. The van der Waals surface area contributed by atoms with Crippen LogP contribution in [0.15, 0.2) is 12.7 Å². The van der Waals surface area contributed by atoms with Gasteiger partial charge in [-0.3, -0.25) is 24.4 Å². The van der Waals surface area contributed by atoms with E-state index < -0.39 is 89.9 Å². The Hall–Kier alpha value is -2.93. The topological polar surface area (TPSA) is 397 Å². The van der Waals surface area contributed by atoms with Gasteiger partial charge < -0.3 is 70.1 Å². The van der Waals surface area contributed by atoms with E-state index in [1.54, 1.807) is 0 Å². The molecule has 0 spiro atoms. The van der Waals surface area contributed by atoms with Crippen molar-refractivity contribution in [1.29, 1.82) is 0 Å². The van der Waals surface area contributed by atoms with Gasteiger partial charge >= 0.3 is 5.96 Å². The van der Waals surface area contributed by atoms with Crippen molar-refractivity contribution in [3.8, 4) is 0 Å². The summed E-state index contributed by atoms with van der Waals surface area (Å²) < 4.78 is 49.6. The molecule has 0 amide bonds. The fourth-order valence-corrected chi connectivity index (χ4v) is 6.57. The third-order valence-electron chi connectivity index (χ3n) is 7.03. The minimum Gasteiger partial charge on any atom is -0.756 e. The maximum Gasteiger partial charge on any atom is 0.343 e. The Balaban J connectivity index is 1.25. The molecule has 0 saturated carbocycles. The van der Waals surface area contributed by atoms with Crippen LogP contribution in [0.25, 0.3) is 11.2 Å². The molecule has 0 bridgehead atoms. The zero-order chi connectivity index (χ0) is 34.7. The number of guanidine groups is 1. The van der Waals surface area contributed by atoms with Crippen LogP contribution in [-0.2, 0) is 36.8 Å². The smallest absolute Gasteiger partial charge is 0.343 e. The minimum absolute atomic E-state index is 0.0299. The first-order valence-corrected chi connectivity index (χ1v) is 16.7. The molecule has 0 radical (unpaired) electrons. The second-order valence-electron chi connectivity index (χ2n) is 10.4. The molecule has 2 saturated heterocycles. The first kappa shape index (κ1) is 36.9. The number of carboxylic acids is 1. The van der Waals surface area contributed by atoms with Crippen LogP contribution in [0, 0.1) is 0 Å². The maximum absolute atomic E-state index is 12.3. The Morgan fingerprint density at radius 1 is 1.06 bits per heavy atom. The van der Waals surface area contributed by atoms with E-state index in [1.807, 2.05) is 0 Å². The zero-order valence-electron chi connectivity index (χ0n) is 24.2. The first-order chi connectivity index (χ1) is 22.0. The number of hydrogen-bond acceptors (Lipinski definition) is 19. The van der Waals surface area contributed by atoms with Gasteiger partial charge in [-0.15, -0.1) is 0 Å². The second-order valence-corrected chi connectivity index (χ2v) is 13.4. The van der Waals surface area contributed by atoms with Crippen molar-refractivity contribution in [2.45, 2.75) is 68.0 Å². The predicted octanol–water partition coefficient (Wildman–Crippen LogP) is -9.41. The number of fused-ring (bicyclic) bond motifs is 1. The molecule has 26 heteroatoms. The summed E-state index contributed by atoms with van der Waals surface area (Å²) in [6.07, 6.45) is -9.54. The molecule has 0 aromatic carbocycles. The van der Waals surface area contributed by atoms with Crippen LogP contribution >= 0.6 is 15.6 Å². The van der Waals surface area contributed by atoms with Crippen molar-refractivity contribution in [3.05, 3.63) is 12.7 Å². The standard InChI is InChI=1S/C21H35N9O15P2/c22-8(20(35)36)2-1-3-25-21(24)29-18-14(33)12(31)9(43-18)4-41-46(37,38)45-47(39,40)42-5-10-13(32)15(34)19(44-10)30-7-28-11-16(23)26-6-27-17(11)30/h6-10,12-15,18-19,31-34H,1-5,22H2,(H,35,36)(H,37,38)(H,39,40)(H2,23,26,27)(H3,24,25,29)/p-1/t8-,9+,10+,12+,13+,14+,15+,18?,19+/m0/s1. The lowest BCUT2D eigenvalue weighted by molar-refractivity contribution is -0.468. The molecular weight excluding hydrogens is 680 g/mol. The first-order valence-electron chi connectivity index (χ1n) is 13.7. The fourth-order valence-electron chi connectivity index (χ4n) is 4.55. The van der Waals surface area contributed by atoms with Crippen LogP contribution in [-0.4, -0.2) is 121 Å². The number of aliphatic hydroxyl groups is 4. The molecule has 11 atom stereocenters. The largest absolute Gasteiger partial charge is 0.756 e. The van der Waals surface area contributed by atoms with Crippen molar-refractivity contribution in [2.75, 3.05) is 25.5 Å². The molecule has 2 aliphatic heterocycles. The van der Waals surface area contributed by atoms with Gasteiger partial charge in [0, 0.05) is 6.42 Å². The van der Waals surface area contributed by atoms with Crippen LogP contribution in [0.5, 0.6) is 0 Å². The number of phosphoric acid groups is 2. The molecule has 3 unspecified atom stereocenters. The third-order valence-corrected chi connectivity index (χ3v) is 9.56. The molecule has 2 fully saturated rings. The number of rotatable bonds is 15. The van der Waals surface area contributed by atoms with Crippen molar-refractivity contribution >= 4 is 44.6 Å². The van der Waals surface area contributed by atoms with Gasteiger partial charge in [-0.1, -0.05) is 0 Å². The van der Waals surface area contributed by atoms with Gasteiger partial charge in [0.05, 0.1) is 32.1 Å². The highest BCUT2D eigenvalue weighted by Crippen LogP contribution is 2.56. The third kappa shape index (κ3) is 9.16. The number of nitrogens with one attached hydrogen (secondary N) is 2. The molecule has 13 N–H and O–H groups in total. The number of quaternary nitrogens is 1. The van der Waals surface area contributed by atoms with Crippen molar-refractivity contribution in [3.63, 3.8) is 0 Å². The van der Waals surface area contributed by atoms with E-state index in [1.165, 1.54) is 10.9 Å². The summed E-state index contributed by atoms with van der Waals surface area (Å²) in [7, 11) is -11.4. The summed E-state index contributed by atoms with van der Waals surface area (Å²) in [6, 6.07) is -0.923. The van der Waals surface area contributed by atoms with Gasteiger partial charge in [0.15, 0.2) is 17.7 Å². The van der Waals surface area contributed by atoms with Gasteiger partial charge in [-0.25, -0.2) is 24.6 Å². The highest BCUT2D eigenvalue weighted by molar-refractivity contribution is 7.59. The summed E-state index contributed by atoms with van der Waals surface area (Å²) >= 11 is 0. The van der Waals surface area contributed by atoms with E-state index in [0.29, 0.717) is 6.42 Å². The van der Waals surface area contributed by atoms with E-state index in [9.17, 15) is 49.2 Å². The van der Waals surface area contributed by atoms with Gasteiger partial charge in [-0.05, 0) is 6.42 Å². The SMILES string of the molecule is NC(NC1O[C@H](COP(=O)([O-])OP(=O)([O-])OC[C@H]2O[C@@H](n3cnc4c(N)ncnc43)[C@H](O)[C@@H]2O)[C@@H](O)[C@H]1O)=[NH+]CCC[C@H]([NH3+])C(=O)[O-]. The number of aliphatic carboxylic acids is 1. The van der Waals surface area contributed by atoms with E-state index in [-0.39, 0.29) is 35.9 Å². The molecular formula is C21H34N9O15P2-. The normalized spacial score (nSPS) is 31.4. The molecule has 24 nitrogen and oxygen atoms in total. The Labute approximate surface area is 264 Å². The zero-order valence-corrected chi connectivity index (χ0v) is 26.0. The molecule has 0 aliphatic carbocycles. The number of carbonyl (C=O) groups excluding carboxylic acids is 1. The van der Waals surface area contributed by atoms with Crippen LogP contribution in [0.3, 0.4) is 0 Å². The van der Waals surface area contributed by atoms with Crippen LogP contribution in [0.1, 0.15) is 19.1 Å². The Morgan fingerprint density at radius 3 is 2.32 bits per heavy atom. The number of hydrogen-bond donors (Lipinski definition) is 9.